The molecular formula is C3H6BNS. The lowest BCUT2D eigenvalue weighted by Crippen LogP contribution is -1.77. The molecule has 1 aliphatic heterocycles. The molecule has 0 aromatic carbocycles. The zero-order chi connectivity index (χ0) is 4.41. The minimum atomic E-state index is 1.04. The highest BCUT2D eigenvalue weighted by molar-refractivity contribution is 8.34. The quantitative estimate of drug-likeness (QED) is 0.402. The average molecular weight is 99.0 g/mol. The molecular weight excluding hydrogens is 92.9 g/mol. The molecule has 6 heavy (non-hydrogen) atoms. The normalized spacial score (nSPS) is 19.8. The van der Waals surface area contributed by atoms with Crippen LogP contribution in [0, 0.1) is 0 Å². The van der Waals surface area contributed by atoms with Crippen LogP contribution >= 0.6 is 11.6 Å². The molecule has 0 atom stereocenters. The second-order valence-electron chi connectivity index (χ2n) is 1.25. The predicted octanol–water partition coefficient (Wildman–Crippen LogP) is 0.461. The fourth-order valence-corrected chi connectivity index (χ4v) is 1.10. The fraction of sp³-hybridized carbons (Fsp3) is 0.667. The monoisotopic (exact) mass is 99.0 g/mol. The molecule has 0 fully saturated rings. The van der Waals surface area contributed by atoms with Crippen LogP contribution < -0.4 is 0 Å². The van der Waals surface area contributed by atoms with E-state index in [1.807, 2.05) is 11.6 Å². The third kappa shape index (κ3) is 0.774. The minimum Gasteiger partial charge on any atom is -0.292 e. The van der Waals surface area contributed by atoms with Gasteiger partial charge in [0.05, 0.1) is 5.04 Å². The molecule has 32 valence electrons. The topological polar surface area (TPSA) is 12.4 Å². The Morgan fingerprint density at radius 1 is 2.00 bits per heavy atom. The van der Waals surface area contributed by atoms with Gasteiger partial charge in [-0.05, 0) is 6.92 Å². The van der Waals surface area contributed by atoms with Crippen LogP contribution in [0.2, 0.25) is 0 Å². The lowest BCUT2D eigenvalue weighted by atomic mass is 10.1. The zero-order valence-electron chi connectivity index (χ0n) is 3.77. The van der Waals surface area contributed by atoms with E-state index in [1.54, 1.807) is 0 Å². The van der Waals surface area contributed by atoms with Crippen molar-refractivity contribution in [1.82, 2.24) is 0 Å². The lowest BCUT2D eigenvalue weighted by Gasteiger charge is -1.77. The third-order valence-corrected chi connectivity index (χ3v) is 1.67. The Labute approximate surface area is 42.4 Å². The van der Waals surface area contributed by atoms with Crippen molar-refractivity contribution in [2.45, 2.75) is 6.92 Å². The first-order valence-electron chi connectivity index (χ1n) is 2.03. The van der Waals surface area contributed by atoms with Crippen molar-refractivity contribution in [3.8, 4) is 0 Å². The molecule has 1 rings (SSSR count). The second-order valence-corrected chi connectivity index (χ2v) is 2.54. The molecule has 0 saturated heterocycles. The van der Waals surface area contributed by atoms with Crippen molar-refractivity contribution in [1.29, 1.82) is 0 Å². The van der Waals surface area contributed by atoms with E-state index in [4.69, 9.17) is 0 Å². The van der Waals surface area contributed by atoms with Gasteiger partial charge in [0.25, 0.3) is 0 Å². The Morgan fingerprint density at radius 3 is 3.00 bits per heavy atom. The summed E-state index contributed by atoms with van der Waals surface area (Å²) in [6.45, 7) is 3.25. The van der Waals surface area contributed by atoms with Gasteiger partial charge in [0, 0.05) is 6.44 Å². The van der Waals surface area contributed by atoms with Crippen LogP contribution in [0.3, 0.4) is 0 Å². The Bertz CT molecular complexity index is 80.9. The summed E-state index contributed by atoms with van der Waals surface area (Å²) in [7, 11) is 0. The number of nitrogens with zero attached hydrogens (tertiary/aromatic N) is 1. The third-order valence-electron chi connectivity index (χ3n) is 0.737. The van der Waals surface area contributed by atoms with Gasteiger partial charge in [-0.1, -0.05) is 0 Å². The van der Waals surface area contributed by atoms with E-state index in [9.17, 15) is 0 Å². The van der Waals surface area contributed by atoms with Crippen LogP contribution in [-0.2, 0) is 0 Å². The van der Waals surface area contributed by atoms with Crippen molar-refractivity contribution in [2.24, 2.45) is 4.99 Å². The number of hydrogen-bond donors (Lipinski definition) is 0. The molecule has 0 aromatic rings. The SMILES string of the molecule is CC1=NCBS1. The summed E-state index contributed by atoms with van der Waals surface area (Å²) in [5, 5.41) is 1.25. The summed E-state index contributed by atoms with van der Waals surface area (Å²) in [5.41, 5.74) is 0. The van der Waals surface area contributed by atoms with Crippen LogP contribution in [0.25, 0.3) is 0 Å². The number of hydrogen-bond acceptors (Lipinski definition) is 2. The van der Waals surface area contributed by atoms with Crippen LogP contribution in [0.5, 0.6) is 0 Å². The Hall–Kier alpha value is 0.0849. The van der Waals surface area contributed by atoms with Gasteiger partial charge in [-0.3, -0.25) is 4.99 Å². The van der Waals surface area contributed by atoms with E-state index in [2.05, 4.69) is 11.9 Å². The second kappa shape index (κ2) is 1.69. The van der Waals surface area contributed by atoms with Crippen molar-refractivity contribution in [2.75, 3.05) is 6.44 Å². The molecule has 1 heterocycles. The van der Waals surface area contributed by atoms with Crippen LogP contribution in [-0.4, -0.2) is 18.0 Å². The molecule has 0 aromatic heterocycles. The molecule has 0 saturated carbocycles. The van der Waals surface area contributed by atoms with Gasteiger partial charge in [-0.15, -0.1) is 0 Å². The summed E-state index contributed by atoms with van der Waals surface area (Å²) in [6.07, 6.45) is 1.04. The van der Waals surface area contributed by atoms with Crippen LogP contribution in [0.15, 0.2) is 4.99 Å². The summed E-state index contributed by atoms with van der Waals surface area (Å²) in [4.78, 5) is 4.12. The first-order chi connectivity index (χ1) is 2.89. The summed E-state index contributed by atoms with van der Waals surface area (Å²) in [5.74, 6) is 0. The molecule has 1 nitrogen and oxygen atoms in total. The molecule has 1 aliphatic rings. The summed E-state index contributed by atoms with van der Waals surface area (Å²) >= 11 is 1.85. The van der Waals surface area contributed by atoms with E-state index in [0.29, 0.717) is 0 Å². The molecule has 0 amide bonds. The highest BCUT2D eigenvalue weighted by Gasteiger charge is 1.99. The first kappa shape index (κ1) is 4.25. The van der Waals surface area contributed by atoms with Gasteiger partial charge in [0.15, 0.2) is 0 Å². The van der Waals surface area contributed by atoms with Crippen LogP contribution in [0.4, 0.5) is 0 Å². The standard InChI is InChI=1S/C3H6BNS/c1-3-5-2-4-6-3/h4H,2H2,1H3. The van der Waals surface area contributed by atoms with Gasteiger partial charge in [-0.25, -0.2) is 0 Å². The molecule has 0 spiro atoms. The highest BCUT2D eigenvalue weighted by atomic mass is 32.2. The smallest absolute Gasteiger partial charge is 0.223 e. The fourth-order valence-electron chi connectivity index (χ4n) is 0.442. The van der Waals surface area contributed by atoms with Gasteiger partial charge in [0.1, 0.15) is 0 Å². The molecule has 0 bridgehead atoms. The van der Waals surface area contributed by atoms with Gasteiger partial charge in [-0.2, -0.15) is 11.6 Å². The largest absolute Gasteiger partial charge is 0.292 e. The first-order valence-corrected chi connectivity index (χ1v) is 3.02. The highest BCUT2D eigenvalue weighted by Crippen LogP contribution is 2.06. The molecule has 0 radical (unpaired) electrons. The van der Waals surface area contributed by atoms with E-state index in [0.717, 1.165) is 6.44 Å². The summed E-state index contributed by atoms with van der Waals surface area (Å²) in [6, 6.07) is 0. The minimum absolute atomic E-state index is 1.04. The Balaban J connectivity index is 2.45. The van der Waals surface area contributed by atoms with Crippen molar-refractivity contribution >= 4 is 23.2 Å². The average Bonchev–Trinajstić information content (AvgIpc) is 1.86. The van der Waals surface area contributed by atoms with E-state index in [1.165, 1.54) is 11.6 Å². The van der Waals surface area contributed by atoms with Crippen molar-refractivity contribution < 1.29 is 0 Å². The summed E-state index contributed by atoms with van der Waals surface area (Å²) < 4.78 is 0. The van der Waals surface area contributed by atoms with E-state index >= 15 is 0 Å². The van der Waals surface area contributed by atoms with Gasteiger partial charge < -0.3 is 0 Å². The molecule has 0 N–H and O–H groups in total. The Kier molecular flexibility index (Phi) is 1.20. The maximum atomic E-state index is 4.12. The van der Waals surface area contributed by atoms with Crippen molar-refractivity contribution in [3.05, 3.63) is 0 Å². The van der Waals surface area contributed by atoms with E-state index in [-0.39, 0.29) is 0 Å². The zero-order valence-corrected chi connectivity index (χ0v) is 4.59. The number of rotatable bonds is 0. The van der Waals surface area contributed by atoms with Gasteiger partial charge in [0.2, 0.25) is 6.56 Å². The van der Waals surface area contributed by atoms with E-state index < -0.39 is 0 Å². The molecule has 0 unspecified atom stereocenters. The maximum Gasteiger partial charge on any atom is 0.223 e. The van der Waals surface area contributed by atoms with Gasteiger partial charge >= 0.3 is 0 Å². The molecule has 3 heteroatoms. The van der Waals surface area contributed by atoms with Crippen molar-refractivity contribution in [3.63, 3.8) is 0 Å². The lowest BCUT2D eigenvalue weighted by molar-refractivity contribution is 1.38. The molecule has 0 aliphatic carbocycles. The van der Waals surface area contributed by atoms with Crippen LogP contribution in [0.1, 0.15) is 6.92 Å². The maximum absolute atomic E-state index is 4.12. The predicted molar refractivity (Wildman–Crippen MR) is 32.7 cm³/mol. The Morgan fingerprint density at radius 2 is 2.83 bits per heavy atom. The number of aliphatic imine (C=N–C) groups is 1.